The minimum atomic E-state index is -0.199. The van der Waals surface area contributed by atoms with Gasteiger partial charge in [0.15, 0.2) is 0 Å². The van der Waals surface area contributed by atoms with Gasteiger partial charge in [-0.3, -0.25) is 0 Å². The molecule has 0 unspecified atom stereocenters. The number of anilines is 2. The van der Waals surface area contributed by atoms with E-state index in [1.54, 1.807) is 12.1 Å². The van der Waals surface area contributed by atoms with Crippen LogP contribution in [0.4, 0.5) is 16.0 Å². The maximum absolute atomic E-state index is 13.9. The normalized spacial score (nSPS) is 18.3. The van der Waals surface area contributed by atoms with Crippen molar-refractivity contribution in [1.29, 1.82) is 5.26 Å². The van der Waals surface area contributed by atoms with E-state index >= 15 is 0 Å². The molecule has 1 aliphatic heterocycles. The van der Waals surface area contributed by atoms with Crippen molar-refractivity contribution in [2.45, 2.75) is 25.2 Å². The lowest BCUT2D eigenvalue weighted by atomic mass is 9.85. The van der Waals surface area contributed by atoms with Gasteiger partial charge >= 0.3 is 0 Å². The Morgan fingerprint density at radius 2 is 1.83 bits per heavy atom. The second-order valence-electron chi connectivity index (χ2n) is 6.37. The number of hydrogen-bond acceptors (Lipinski definition) is 5. The fourth-order valence-corrected chi connectivity index (χ4v) is 3.30. The molecule has 2 aliphatic rings. The lowest BCUT2D eigenvalue weighted by Crippen LogP contribution is -2.47. The highest BCUT2D eigenvalue weighted by molar-refractivity contribution is 5.53. The molecular weight excluding hydrogens is 307 g/mol. The zero-order valence-electron chi connectivity index (χ0n) is 13.4. The van der Waals surface area contributed by atoms with Gasteiger partial charge in [-0.25, -0.2) is 9.37 Å². The highest BCUT2D eigenvalue weighted by Crippen LogP contribution is 2.38. The van der Waals surface area contributed by atoms with Crippen molar-refractivity contribution in [2.75, 3.05) is 36.0 Å². The molecule has 0 spiro atoms. The standard InChI is InChI=1S/C18H19FN4O/c19-14-6-1-2-7-16(14)22-8-10-23(11-9-22)18-15(12-20)21-17(24-18)13-4-3-5-13/h1-2,6-7,13H,3-5,8-11H2. The summed E-state index contributed by atoms with van der Waals surface area (Å²) in [7, 11) is 0. The minimum Gasteiger partial charge on any atom is -0.423 e. The Hall–Kier alpha value is -2.55. The summed E-state index contributed by atoms with van der Waals surface area (Å²) in [6.45, 7) is 2.74. The van der Waals surface area contributed by atoms with Crippen LogP contribution in [0.2, 0.25) is 0 Å². The molecule has 0 atom stereocenters. The first-order valence-electron chi connectivity index (χ1n) is 8.41. The average molecular weight is 326 g/mol. The predicted molar refractivity (Wildman–Crippen MR) is 88.6 cm³/mol. The Bertz CT molecular complexity index is 770. The van der Waals surface area contributed by atoms with E-state index in [-0.39, 0.29) is 5.82 Å². The van der Waals surface area contributed by atoms with E-state index in [2.05, 4.69) is 11.1 Å². The molecule has 2 aromatic rings. The molecule has 124 valence electrons. The maximum Gasteiger partial charge on any atom is 0.234 e. The van der Waals surface area contributed by atoms with Crippen molar-refractivity contribution in [2.24, 2.45) is 0 Å². The first kappa shape index (κ1) is 15.0. The van der Waals surface area contributed by atoms with Crippen molar-refractivity contribution in [3.05, 3.63) is 41.7 Å². The molecule has 0 bridgehead atoms. The fourth-order valence-electron chi connectivity index (χ4n) is 3.30. The number of nitrogens with zero attached hydrogens (tertiary/aromatic N) is 4. The fraction of sp³-hybridized carbons (Fsp3) is 0.444. The van der Waals surface area contributed by atoms with Crippen LogP contribution in [0.25, 0.3) is 0 Å². The van der Waals surface area contributed by atoms with E-state index < -0.39 is 0 Å². The van der Waals surface area contributed by atoms with E-state index in [9.17, 15) is 9.65 Å². The Balaban J connectivity index is 1.49. The predicted octanol–water partition coefficient (Wildman–Crippen LogP) is 3.28. The van der Waals surface area contributed by atoms with Gasteiger partial charge in [0, 0.05) is 32.1 Å². The van der Waals surface area contributed by atoms with Crippen LogP contribution in [0.15, 0.2) is 28.7 Å². The number of piperazine rings is 1. The van der Waals surface area contributed by atoms with Crippen LogP contribution in [0, 0.1) is 17.1 Å². The Morgan fingerprint density at radius 3 is 2.46 bits per heavy atom. The van der Waals surface area contributed by atoms with Gasteiger partial charge in [0.05, 0.1) is 5.69 Å². The van der Waals surface area contributed by atoms with E-state index in [4.69, 9.17) is 4.42 Å². The second-order valence-corrected chi connectivity index (χ2v) is 6.37. The van der Waals surface area contributed by atoms with Crippen LogP contribution in [-0.4, -0.2) is 31.2 Å². The van der Waals surface area contributed by atoms with Gasteiger partial charge in [-0.2, -0.15) is 5.26 Å². The molecule has 24 heavy (non-hydrogen) atoms. The molecule has 1 saturated heterocycles. The number of benzene rings is 1. The topological polar surface area (TPSA) is 56.3 Å². The summed E-state index contributed by atoms with van der Waals surface area (Å²) in [5.74, 6) is 1.44. The van der Waals surface area contributed by atoms with Crippen molar-refractivity contribution in [3.8, 4) is 6.07 Å². The second kappa shape index (κ2) is 6.16. The summed E-state index contributed by atoms with van der Waals surface area (Å²) < 4.78 is 19.8. The van der Waals surface area contributed by atoms with Crippen LogP contribution in [0.1, 0.15) is 36.8 Å². The minimum absolute atomic E-state index is 0.199. The molecule has 1 aliphatic carbocycles. The molecule has 0 amide bonds. The number of nitriles is 1. The highest BCUT2D eigenvalue weighted by Gasteiger charge is 2.29. The van der Waals surface area contributed by atoms with Crippen molar-refractivity contribution in [1.82, 2.24) is 4.98 Å². The van der Waals surface area contributed by atoms with E-state index in [1.165, 1.54) is 12.5 Å². The third-order valence-electron chi connectivity index (χ3n) is 4.95. The summed E-state index contributed by atoms with van der Waals surface area (Å²) in [6, 6.07) is 8.98. The maximum atomic E-state index is 13.9. The van der Waals surface area contributed by atoms with Crippen LogP contribution >= 0.6 is 0 Å². The zero-order valence-corrected chi connectivity index (χ0v) is 13.4. The van der Waals surface area contributed by atoms with Crippen LogP contribution in [0.5, 0.6) is 0 Å². The lowest BCUT2D eigenvalue weighted by molar-refractivity contribution is 0.334. The molecule has 0 radical (unpaired) electrons. The number of aromatic nitrogens is 1. The molecule has 5 nitrogen and oxygen atoms in total. The number of halogens is 1. The van der Waals surface area contributed by atoms with Gasteiger partial charge in [-0.1, -0.05) is 18.6 Å². The molecule has 6 heteroatoms. The quantitative estimate of drug-likeness (QED) is 0.866. The highest BCUT2D eigenvalue weighted by atomic mass is 19.1. The summed E-state index contributed by atoms with van der Waals surface area (Å²) in [5, 5.41) is 9.34. The van der Waals surface area contributed by atoms with Crippen molar-refractivity contribution in [3.63, 3.8) is 0 Å². The first-order valence-corrected chi connectivity index (χ1v) is 8.41. The molecule has 0 N–H and O–H groups in total. The SMILES string of the molecule is N#Cc1nc(C2CCC2)oc1N1CCN(c2ccccc2F)CC1. The average Bonchev–Trinajstić information content (AvgIpc) is 2.98. The molecule has 2 heterocycles. The lowest BCUT2D eigenvalue weighted by Gasteiger charge is -2.36. The third kappa shape index (κ3) is 2.60. The summed E-state index contributed by atoms with van der Waals surface area (Å²) >= 11 is 0. The molecule has 1 aromatic heterocycles. The van der Waals surface area contributed by atoms with Gasteiger partial charge < -0.3 is 14.2 Å². The Morgan fingerprint density at radius 1 is 1.12 bits per heavy atom. The van der Waals surface area contributed by atoms with Crippen LogP contribution in [0.3, 0.4) is 0 Å². The largest absolute Gasteiger partial charge is 0.423 e. The Kier molecular flexibility index (Phi) is 3.85. The van der Waals surface area contributed by atoms with Gasteiger partial charge in [-0.05, 0) is 25.0 Å². The summed E-state index contributed by atoms with van der Waals surface area (Å²) in [5.41, 5.74) is 1.00. The number of hydrogen-bond donors (Lipinski definition) is 0. The summed E-state index contributed by atoms with van der Waals surface area (Å²) in [6.07, 6.45) is 3.38. The smallest absolute Gasteiger partial charge is 0.234 e. The van der Waals surface area contributed by atoms with Gasteiger partial charge in [0.25, 0.3) is 0 Å². The molecular formula is C18H19FN4O. The van der Waals surface area contributed by atoms with Gasteiger partial charge in [0.2, 0.25) is 17.5 Å². The molecule has 4 rings (SSSR count). The number of oxazole rings is 1. The van der Waals surface area contributed by atoms with E-state index in [1.807, 2.05) is 15.9 Å². The molecule has 2 fully saturated rings. The van der Waals surface area contributed by atoms with E-state index in [0.29, 0.717) is 55.3 Å². The Labute approximate surface area is 140 Å². The molecule has 1 aromatic carbocycles. The van der Waals surface area contributed by atoms with E-state index in [0.717, 1.165) is 12.8 Å². The number of para-hydroxylation sites is 1. The first-order chi connectivity index (χ1) is 11.8. The van der Waals surface area contributed by atoms with Crippen LogP contribution < -0.4 is 9.80 Å². The third-order valence-corrected chi connectivity index (χ3v) is 4.95. The zero-order chi connectivity index (χ0) is 16.5. The molecule has 1 saturated carbocycles. The summed E-state index contributed by atoms with van der Waals surface area (Å²) in [4.78, 5) is 8.45. The number of rotatable bonds is 3. The van der Waals surface area contributed by atoms with Crippen molar-refractivity contribution >= 4 is 11.6 Å². The van der Waals surface area contributed by atoms with Crippen LogP contribution in [-0.2, 0) is 0 Å². The van der Waals surface area contributed by atoms with Gasteiger partial charge in [-0.15, -0.1) is 0 Å². The van der Waals surface area contributed by atoms with Gasteiger partial charge in [0.1, 0.15) is 11.9 Å². The monoisotopic (exact) mass is 326 g/mol. The van der Waals surface area contributed by atoms with Crippen molar-refractivity contribution < 1.29 is 8.81 Å².